The minimum atomic E-state index is -1.36. The molecule has 15 heavy (non-hydrogen) atoms. The van der Waals surface area contributed by atoms with Gasteiger partial charge < -0.3 is 4.43 Å². The van der Waals surface area contributed by atoms with E-state index in [4.69, 9.17) is 4.43 Å². The van der Waals surface area contributed by atoms with Crippen molar-refractivity contribution in [1.29, 1.82) is 0 Å². The molecule has 0 N–H and O–H groups in total. The van der Waals surface area contributed by atoms with E-state index in [2.05, 4.69) is 40.4 Å². The first-order chi connectivity index (χ1) is 6.79. The van der Waals surface area contributed by atoms with Gasteiger partial charge in [-0.15, -0.1) is 0 Å². The van der Waals surface area contributed by atoms with Gasteiger partial charge in [-0.25, -0.2) is 0 Å². The fourth-order valence-corrected chi connectivity index (χ4v) is 3.88. The predicted molar refractivity (Wildman–Crippen MR) is 69.6 cm³/mol. The third-order valence-corrected chi connectivity index (χ3v) is 4.48. The lowest BCUT2D eigenvalue weighted by atomic mass is 9.75. The molecule has 1 nitrogen and oxygen atoms in total. The Kier molecular flexibility index (Phi) is 4.42. The van der Waals surface area contributed by atoms with Crippen LogP contribution in [0.4, 0.5) is 0 Å². The Morgan fingerprint density at radius 2 is 1.73 bits per heavy atom. The Balaban J connectivity index is 2.62. The molecule has 0 aromatic carbocycles. The zero-order valence-corrected chi connectivity index (χ0v) is 12.3. The Hall–Kier alpha value is 0.177. The van der Waals surface area contributed by atoms with Crippen molar-refractivity contribution in [2.75, 3.05) is 0 Å². The summed E-state index contributed by atoms with van der Waals surface area (Å²) in [6, 6.07) is 0. The van der Waals surface area contributed by atoms with Gasteiger partial charge in [0.1, 0.15) is 0 Å². The van der Waals surface area contributed by atoms with E-state index < -0.39 is 8.32 Å². The van der Waals surface area contributed by atoms with Gasteiger partial charge in [0.25, 0.3) is 0 Å². The van der Waals surface area contributed by atoms with E-state index in [9.17, 15) is 0 Å². The predicted octanol–water partition coefficient (Wildman–Crippen LogP) is 4.30. The molecule has 90 valence electrons. The molecule has 2 heteroatoms. The van der Waals surface area contributed by atoms with Crippen LogP contribution >= 0.6 is 0 Å². The van der Waals surface area contributed by atoms with Crippen LogP contribution in [0.25, 0.3) is 0 Å². The molecule has 0 aromatic rings. The van der Waals surface area contributed by atoms with Crippen molar-refractivity contribution in [2.45, 2.75) is 65.8 Å². The van der Waals surface area contributed by atoms with E-state index in [1.165, 1.54) is 19.3 Å². The third kappa shape index (κ3) is 4.27. The molecule has 0 aromatic heterocycles. The fourth-order valence-electron chi connectivity index (χ4n) is 2.70. The number of hydrogen-bond acceptors (Lipinski definition) is 1. The van der Waals surface area contributed by atoms with Crippen molar-refractivity contribution in [3.05, 3.63) is 0 Å². The van der Waals surface area contributed by atoms with Crippen LogP contribution in [-0.4, -0.2) is 14.4 Å². The summed E-state index contributed by atoms with van der Waals surface area (Å²) in [6.07, 6.45) is 4.59. The Morgan fingerprint density at radius 3 is 2.20 bits per heavy atom. The Morgan fingerprint density at radius 1 is 1.13 bits per heavy atom. The third-order valence-electron chi connectivity index (χ3n) is 3.47. The quantitative estimate of drug-likeness (QED) is 0.655. The summed E-state index contributed by atoms with van der Waals surface area (Å²) in [5, 5.41) is 0. The van der Waals surface area contributed by atoms with Crippen LogP contribution in [0.3, 0.4) is 0 Å². The lowest BCUT2D eigenvalue weighted by Gasteiger charge is -2.40. The molecule has 1 saturated carbocycles. The normalized spacial score (nSPS) is 33.4. The van der Waals surface area contributed by atoms with E-state index in [-0.39, 0.29) is 0 Å². The van der Waals surface area contributed by atoms with Gasteiger partial charge in [-0.2, -0.15) is 0 Å². The highest BCUT2D eigenvalue weighted by atomic mass is 28.4. The van der Waals surface area contributed by atoms with Gasteiger partial charge in [-0.05, 0) is 50.2 Å². The largest absolute Gasteiger partial charge is 0.414 e. The minimum Gasteiger partial charge on any atom is -0.414 e. The summed E-state index contributed by atoms with van der Waals surface area (Å²) in [4.78, 5) is 0. The van der Waals surface area contributed by atoms with Gasteiger partial charge in [0.15, 0.2) is 8.32 Å². The van der Waals surface area contributed by atoms with Crippen molar-refractivity contribution in [1.82, 2.24) is 0 Å². The Bertz CT molecular complexity index is 195. The van der Waals surface area contributed by atoms with Crippen LogP contribution < -0.4 is 0 Å². The van der Waals surface area contributed by atoms with Crippen LogP contribution in [0.2, 0.25) is 19.6 Å². The van der Waals surface area contributed by atoms with Gasteiger partial charge in [0.2, 0.25) is 0 Å². The molecule has 0 bridgehead atoms. The molecule has 1 fully saturated rings. The van der Waals surface area contributed by atoms with Crippen LogP contribution in [-0.2, 0) is 4.43 Å². The highest BCUT2D eigenvalue weighted by molar-refractivity contribution is 6.69. The van der Waals surface area contributed by atoms with Gasteiger partial charge in [-0.1, -0.05) is 27.2 Å². The maximum Gasteiger partial charge on any atom is 0.184 e. The number of rotatable bonds is 3. The second-order valence-electron chi connectivity index (χ2n) is 6.59. The molecular weight excluding hydrogens is 200 g/mol. The van der Waals surface area contributed by atoms with Crippen LogP contribution in [0.1, 0.15) is 40.0 Å². The van der Waals surface area contributed by atoms with E-state index in [1.54, 1.807) is 0 Å². The van der Waals surface area contributed by atoms with E-state index >= 15 is 0 Å². The van der Waals surface area contributed by atoms with Crippen LogP contribution in [0.15, 0.2) is 0 Å². The molecule has 1 aliphatic carbocycles. The Labute approximate surface area is 96.7 Å². The van der Waals surface area contributed by atoms with Gasteiger partial charge >= 0.3 is 0 Å². The summed E-state index contributed by atoms with van der Waals surface area (Å²) in [7, 11) is -1.36. The highest BCUT2D eigenvalue weighted by Gasteiger charge is 2.34. The standard InChI is InChI=1S/C13H28OSi/c1-10(2)12-8-7-11(3)9-13(12)14-15(4,5)6/h10-13H,7-9H2,1-6H3/t11-,12+,13-/m1/s1. The van der Waals surface area contributed by atoms with Gasteiger partial charge in [-0.3, -0.25) is 0 Å². The maximum absolute atomic E-state index is 6.36. The molecule has 0 aliphatic heterocycles. The lowest BCUT2D eigenvalue weighted by Crippen LogP contribution is -2.41. The van der Waals surface area contributed by atoms with E-state index in [1.807, 2.05) is 0 Å². The monoisotopic (exact) mass is 228 g/mol. The second-order valence-corrected chi connectivity index (χ2v) is 11.1. The molecule has 1 rings (SSSR count). The van der Waals surface area contributed by atoms with E-state index in [0.717, 1.165) is 17.8 Å². The molecule has 0 heterocycles. The van der Waals surface area contributed by atoms with Crippen LogP contribution in [0, 0.1) is 17.8 Å². The highest BCUT2D eigenvalue weighted by Crippen LogP contribution is 2.36. The summed E-state index contributed by atoms with van der Waals surface area (Å²) in [5.41, 5.74) is 0. The van der Waals surface area contributed by atoms with Crippen molar-refractivity contribution in [3.63, 3.8) is 0 Å². The summed E-state index contributed by atoms with van der Waals surface area (Å²) in [5.74, 6) is 2.44. The first-order valence-electron chi connectivity index (χ1n) is 6.47. The lowest BCUT2D eigenvalue weighted by molar-refractivity contribution is 0.0404. The molecule has 0 radical (unpaired) electrons. The zero-order chi connectivity index (χ0) is 11.6. The van der Waals surface area contributed by atoms with Crippen molar-refractivity contribution in [2.24, 2.45) is 17.8 Å². The smallest absolute Gasteiger partial charge is 0.184 e. The molecule has 0 unspecified atom stereocenters. The molecule has 0 saturated heterocycles. The van der Waals surface area contributed by atoms with Crippen LogP contribution in [0.5, 0.6) is 0 Å². The van der Waals surface area contributed by atoms with Crippen molar-refractivity contribution in [3.8, 4) is 0 Å². The van der Waals surface area contributed by atoms with E-state index in [0.29, 0.717) is 6.10 Å². The SMILES string of the molecule is CC(C)[C@@H]1CC[C@@H](C)C[C@H]1O[Si](C)(C)C. The van der Waals surface area contributed by atoms with Gasteiger partial charge in [0.05, 0.1) is 0 Å². The molecule has 0 spiro atoms. The summed E-state index contributed by atoms with van der Waals surface area (Å²) < 4.78 is 6.36. The molecule has 0 amide bonds. The first-order valence-corrected chi connectivity index (χ1v) is 9.88. The zero-order valence-electron chi connectivity index (χ0n) is 11.3. The topological polar surface area (TPSA) is 9.23 Å². The summed E-state index contributed by atoms with van der Waals surface area (Å²) in [6.45, 7) is 14.0. The molecule has 1 aliphatic rings. The van der Waals surface area contributed by atoms with Crippen molar-refractivity contribution >= 4 is 8.32 Å². The van der Waals surface area contributed by atoms with Gasteiger partial charge in [0, 0.05) is 6.10 Å². The summed E-state index contributed by atoms with van der Waals surface area (Å²) >= 11 is 0. The average Bonchev–Trinajstić information content (AvgIpc) is 1.99. The maximum atomic E-state index is 6.36. The average molecular weight is 228 g/mol. The first kappa shape index (κ1) is 13.2. The molecular formula is C13H28OSi. The second kappa shape index (κ2) is 5.01. The minimum absolute atomic E-state index is 0.542. The molecule has 3 atom stereocenters. The fraction of sp³-hybridized carbons (Fsp3) is 1.00. The number of hydrogen-bond donors (Lipinski definition) is 0. The van der Waals surface area contributed by atoms with Crippen molar-refractivity contribution < 1.29 is 4.43 Å².